The predicted molar refractivity (Wildman–Crippen MR) is 114 cm³/mol. The smallest absolute Gasteiger partial charge is 0.282 e. The van der Waals surface area contributed by atoms with Gasteiger partial charge in [0, 0.05) is 0 Å². The molecule has 0 bridgehead atoms. The van der Waals surface area contributed by atoms with Crippen LogP contribution in [0.1, 0.15) is 26.3 Å². The summed E-state index contributed by atoms with van der Waals surface area (Å²) in [6.45, 7) is 6.53. The average Bonchev–Trinajstić information content (AvgIpc) is 2.62. The van der Waals surface area contributed by atoms with E-state index in [-0.39, 0.29) is 10.3 Å². The van der Waals surface area contributed by atoms with Gasteiger partial charge in [-0.1, -0.05) is 87.5 Å². The molecule has 0 spiro atoms. The molecule has 3 aromatic carbocycles. The van der Waals surface area contributed by atoms with Crippen molar-refractivity contribution >= 4 is 34.0 Å². The van der Waals surface area contributed by atoms with Gasteiger partial charge in [-0.2, -0.15) is 8.42 Å². The normalized spacial score (nSPS) is 13.3. The topological polar surface area (TPSA) is 54.4 Å². The van der Waals surface area contributed by atoms with Gasteiger partial charge in [0.05, 0.1) is 4.90 Å². The SMILES string of the molecule is CC(C)(C)c1ccc(P(c2ccccc2)c2cccc(S(=O)(=O)O)c2)cc1. The van der Waals surface area contributed by atoms with Crippen molar-refractivity contribution in [1.82, 2.24) is 0 Å². The first kappa shape index (κ1) is 19.8. The van der Waals surface area contributed by atoms with Crippen LogP contribution in [0.25, 0.3) is 0 Å². The first-order chi connectivity index (χ1) is 12.7. The summed E-state index contributed by atoms with van der Waals surface area (Å²) in [5, 5.41) is 3.15. The van der Waals surface area contributed by atoms with Gasteiger partial charge in [0.2, 0.25) is 0 Å². The molecule has 0 aliphatic heterocycles. The van der Waals surface area contributed by atoms with Crippen LogP contribution in [0.2, 0.25) is 0 Å². The van der Waals surface area contributed by atoms with Crippen LogP contribution in [0.5, 0.6) is 0 Å². The third-order valence-corrected chi connectivity index (χ3v) is 7.65. The summed E-state index contributed by atoms with van der Waals surface area (Å²) in [6, 6.07) is 25.2. The average molecular weight is 398 g/mol. The van der Waals surface area contributed by atoms with Gasteiger partial charge in [-0.05, 0) is 46.9 Å². The van der Waals surface area contributed by atoms with Crippen LogP contribution < -0.4 is 15.9 Å². The van der Waals surface area contributed by atoms with E-state index in [0.717, 1.165) is 15.9 Å². The Morgan fingerprint density at radius 1 is 0.741 bits per heavy atom. The lowest BCUT2D eigenvalue weighted by Crippen LogP contribution is -2.22. The fraction of sp³-hybridized carbons (Fsp3) is 0.182. The van der Waals surface area contributed by atoms with E-state index in [2.05, 4.69) is 57.2 Å². The van der Waals surface area contributed by atoms with Gasteiger partial charge < -0.3 is 0 Å². The van der Waals surface area contributed by atoms with Gasteiger partial charge in [0.1, 0.15) is 0 Å². The molecular weight excluding hydrogens is 375 g/mol. The van der Waals surface area contributed by atoms with E-state index in [1.54, 1.807) is 12.1 Å². The molecule has 0 radical (unpaired) electrons. The molecule has 3 aromatic rings. The Balaban J connectivity index is 2.14. The summed E-state index contributed by atoms with van der Waals surface area (Å²) < 4.78 is 32.6. The standard InChI is InChI=1S/C22H23O3PS/c1-22(2,3)17-12-14-19(15-13-17)26(18-8-5-4-6-9-18)20-10-7-11-21(16-20)27(23,24)25/h4-16H,1-3H3,(H,23,24,25). The van der Waals surface area contributed by atoms with Crippen LogP contribution >= 0.6 is 7.92 Å². The fourth-order valence-corrected chi connectivity index (χ4v) is 5.85. The van der Waals surface area contributed by atoms with Crippen molar-refractivity contribution in [3.63, 3.8) is 0 Å². The zero-order chi connectivity index (χ0) is 19.7. The van der Waals surface area contributed by atoms with Crippen molar-refractivity contribution in [2.75, 3.05) is 0 Å². The Labute approximate surface area is 162 Å². The molecule has 0 saturated heterocycles. The zero-order valence-electron chi connectivity index (χ0n) is 15.6. The highest BCUT2D eigenvalue weighted by Crippen LogP contribution is 2.34. The van der Waals surface area contributed by atoms with E-state index in [4.69, 9.17) is 0 Å². The molecule has 140 valence electrons. The molecule has 0 aromatic heterocycles. The Bertz CT molecular complexity index is 1020. The molecule has 0 fully saturated rings. The maximum Gasteiger partial charge on any atom is 0.294 e. The van der Waals surface area contributed by atoms with Crippen LogP contribution in [-0.2, 0) is 15.5 Å². The zero-order valence-corrected chi connectivity index (χ0v) is 17.3. The Morgan fingerprint density at radius 3 is 1.85 bits per heavy atom. The molecule has 1 unspecified atom stereocenters. The van der Waals surface area contributed by atoms with Gasteiger partial charge in [-0.3, -0.25) is 4.55 Å². The van der Waals surface area contributed by atoms with E-state index < -0.39 is 18.0 Å². The highest BCUT2D eigenvalue weighted by atomic mass is 32.2. The Kier molecular flexibility index (Phi) is 5.53. The molecule has 27 heavy (non-hydrogen) atoms. The molecule has 1 N–H and O–H groups in total. The van der Waals surface area contributed by atoms with Crippen molar-refractivity contribution in [1.29, 1.82) is 0 Å². The Hall–Kier alpha value is -2.00. The summed E-state index contributed by atoms with van der Waals surface area (Å²) in [6.07, 6.45) is 0. The van der Waals surface area contributed by atoms with E-state index in [0.29, 0.717) is 0 Å². The van der Waals surface area contributed by atoms with Gasteiger partial charge in [-0.15, -0.1) is 0 Å². The maximum absolute atomic E-state index is 11.6. The summed E-state index contributed by atoms with van der Waals surface area (Å²) in [4.78, 5) is -0.0743. The minimum absolute atomic E-state index is 0.0684. The van der Waals surface area contributed by atoms with Crippen LogP contribution in [-0.4, -0.2) is 13.0 Å². The van der Waals surface area contributed by atoms with Crippen LogP contribution in [0.15, 0.2) is 83.8 Å². The second-order valence-electron chi connectivity index (χ2n) is 7.44. The van der Waals surface area contributed by atoms with Gasteiger partial charge in [0.15, 0.2) is 0 Å². The number of benzene rings is 3. The van der Waals surface area contributed by atoms with Crippen molar-refractivity contribution in [3.8, 4) is 0 Å². The van der Waals surface area contributed by atoms with E-state index in [1.165, 1.54) is 11.6 Å². The lowest BCUT2D eigenvalue weighted by molar-refractivity contribution is 0.483. The number of hydrogen-bond donors (Lipinski definition) is 1. The summed E-state index contributed by atoms with van der Waals surface area (Å²) in [5.41, 5.74) is 1.32. The second-order valence-corrected chi connectivity index (χ2v) is 11.1. The third-order valence-electron chi connectivity index (χ3n) is 4.38. The first-order valence-electron chi connectivity index (χ1n) is 8.69. The quantitative estimate of drug-likeness (QED) is 0.534. The molecule has 3 nitrogen and oxygen atoms in total. The molecule has 0 amide bonds. The van der Waals surface area contributed by atoms with Crippen molar-refractivity contribution in [3.05, 3.63) is 84.4 Å². The molecule has 0 aliphatic rings. The maximum atomic E-state index is 11.6. The van der Waals surface area contributed by atoms with Gasteiger partial charge in [-0.25, -0.2) is 0 Å². The summed E-state index contributed by atoms with van der Waals surface area (Å²) in [7, 11) is -5.17. The van der Waals surface area contributed by atoms with Crippen molar-refractivity contribution in [2.45, 2.75) is 31.1 Å². The Morgan fingerprint density at radius 2 is 1.30 bits per heavy atom. The molecule has 0 aliphatic carbocycles. The summed E-state index contributed by atoms with van der Waals surface area (Å²) in [5.74, 6) is 0. The van der Waals surface area contributed by atoms with E-state index >= 15 is 0 Å². The van der Waals surface area contributed by atoms with E-state index in [9.17, 15) is 13.0 Å². The molecule has 3 rings (SSSR count). The number of hydrogen-bond acceptors (Lipinski definition) is 2. The molecule has 1 atom stereocenters. The van der Waals surface area contributed by atoms with Crippen LogP contribution in [0.3, 0.4) is 0 Å². The van der Waals surface area contributed by atoms with Crippen LogP contribution in [0, 0.1) is 0 Å². The molecule has 0 heterocycles. The van der Waals surface area contributed by atoms with Crippen molar-refractivity contribution < 1.29 is 13.0 Å². The van der Waals surface area contributed by atoms with E-state index in [1.807, 2.05) is 24.3 Å². The highest BCUT2D eigenvalue weighted by Gasteiger charge is 2.20. The molecular formula is C22H23O3PS. The minimum Gasteiger partial charge on any atom is -0.282 e. The lowest BCUT2D eigenvalue weighted by atomic mass is 9.87. The van der Waals surface area contributed by atoms with Crippen LogP contribution in [0.4, 0.5) is 0 Å². The minimum atomic E-state index is -4.24. The highest BCUT2D eigenvalue weighted by molar-refractivity contribution is 7.86. The lowest BCUT2D eigenvalue weighted by Gasteiger charge is -2.23. The molecule has 0 saturated carbocycles. The van der Waals surface area contributed by atoms with Gasteiger partial charge in [0.25, 0.3) is 10.1 Å². The fourth-order valence-electron chi connectivity index (χ4n) is 2.92. The second kappa shape index (κ2) is 7.55. The predicted octanol–water partition coefficient (Wildman–Crippen LogP) is 3.99. The number of rotatable bonds is 4. The largest absolute Gasteiger partial charge is 0.294 e. The third kappa shape index (κ3) is 4.65. The van der Waals surface area contributed by atoms with Gasteiger partial charge >= 0.3 is 0 Å². The molecule has 5 heteroatoms. The first-order valence-corrected chi connectivity index (χ1v) is 11.5. The monoisotopic (exact) mass is 398 g/mol. The van der Waals surface area contributed by atoms with Crippen molar-refractivity contribution in [2.24, 2.45) is 0 Å². The summed E-state index contributed by atoms with van der Waals surface area (Å²) >= 11 is 0.